The summed E-state index contributed by atoms with van der Waals surface area (Å²) in [7, 11) is 0. The molecule has 0 aliphatic carbocycles. The van der Waals surface area contributed by atoms with Gasteiger partial charge >= 0.3 is 0 Å². The van der Waals surface area contributed by atoms with E-state index in [-0.39, 0.29) is 44.4 Å². The monoisotopic (exact) mass is 608 g/mol. The first-order chi connectivity index (χ1) is 21.3. The van der Waals surface area contributed by atoms with E-state index in [4.69, 9.17) is 9.72 Å². The van der Waals surface area contributed by atoms with Crippen LogP contribution in [0.3, 0.4) is 0 Å². The van der Waals surface area contributed by atoms with Crippen molar-refractivity contribution in [3.63, 3.8) is 0 Å². The number of carbonyl (C=O) groups excluding carboxylic acids is 1. The summed E-state index contributed by atoms with van der Waals surface area (Å²) in [4.78, 5) is 36.5. The number of hydrogen-bond donors (Lipinski definition) is 1. The molecule has 3 saturated heterocycles. The van der Waals surface area contributed by atoms with Gasteiger partial charge in [0.15, 0.2) is 0 Å². The van der Waals surface area contributed by atoms with E-state index in [0.717, 1.165) is 61.6 Å². The molecular weight excluding hydrogens is 566 g/mol. The van der Waals surface area contributed by atoms with Gasteiger partial charge in [-0.25, -0.2) is 23.7 Å². The van der Waals surface area contributed by atoms with Gasteiger partial charge in [-0.05, 0) is 38.1 Å². The zero-order valence-electron chi connectivity index (χ0n) is 25.6. The van der Waals surface area contributed by atoms with Crippen LogP contribution in [-0.2, 0) is 4.74 Å². The lowest BCUT2D eigenvalue weighted by Gasteiger charge is -2.37. The summed E-state index contributed by atoms with van der Waals surface area (Å²) < 4.78 is 33.5. The summed E-state index contributed by atoms with van der Waals surface area (Å²) in [5.41, 5.74) is 2.09. The highest BCUT2D eigenvalue weighted by atomic mass is 19.3. The van der Waals surface area contributed by atoms with Crippen LogP contribution in [0.2, 0.25) is 0 Å². The Bertz CT molecular complexity index is 1420. The molecule has 5 heterocycles. The van der Waals surface area contributed by atoms with Crippen molar-refractivity contribution >= 4 is 28.6 Å². The summed E-state index contributed by atoms with van der Waals surface area (Å²) in [5.74, 6) is -1.36. The second-order valence-electron chi connectivity index (χ2n) is 12.2. The van der Waals surface area contributed by atoms with E-state index in [1.165, 1.54) is 0 Å². The van der Waals surface area contributed by atoms with Crippen molar-refractivity contribution in [1.29, 1.82) is 0 Å². The molecule has 3 aliphatic heterocycles. The molecule has 3 aromatic rings. The number of ether oxygens (including phenoxy) is 1. The highest BCUT2D eigenvalue weighted by Crippen LogP contribution is 2.32. The fourth-order valence-electron chi connectivity index (χ4n) is 6.32. The number of rotatable bonds is 8. The number of benzene rings is 1. The fraction of sp³-hybridized carbons (Fsp3) is 0.562. The standard InChI is InChI=1S/C32H42F2N8O2/c1-23(2)39-12-14-41(15-13-39)29-7-6-25-26(4-3-5-27(25)38-29)30(43)35-22-28(40-10-8-32(33,34)9-11-40)24-20-36-31(37-21-24)42-16-18-44-19-17-42/h3-7,20-21,23,28H,8-19,22H2,1-2H3,(H,35,43). The molecule has 1 atom stereocenters. The molecule has 44 heavy (non-hydrogen) atoms. The van der Waals surface area contributed by atoms with Crippen molar-refractivity contribution in [1.82, 2.24) is 30.1 Å². The van der Waals surface area contributed by atoms with E-state index in [1.807, 2.05) is 29.2 Å². The van der Waals surface area contributed by atoms with Crippen LogP contribution in [0, 0.1) is 0 Å². The summed E-state index contributed by atoms with van der Waals surface area (Å²) in [6.45, 7) is 11.7. The number of aromatic nitrogens is 3. The second kappa shape index (κ2) is 13.3. The smallest absolute Gasteiger partial charge is 0.252 e. The van der Waals surface area contributed by atoms with E-state index < -0.39 is 5.92 Å². The van der Waals surface area contributed by atoms with E-state index in [1.54, 1.807) is 18.5 Å². The third-order valence-electron chi connectivity index (χ3n) is 9.09. The quantitative estimate of drug-likeness (QED) is 0.412. The van der Waals surface area contributed by atoms with Gasteiger partial charge in [-0.3, -0.25) is 14.6 Å². The molecule has 0 spiro atoms. The minimum Gasteiger partial charge on any atom is -0.378 e. The number of piperidine rings is 1. The number of amides is 1. The molecule has 12 heteroatoms. The van der Waals surface area contributed by atoms with E-state index in [0.29, 0.717) is 30.8 Å². The number of halogens is 2. The highest BCUT2D eigenvalue weighted by molar-refractivity contribution is 6.06. The Balaban J connectivity index is 1.17. The van der Waals surface area contributed by atoms with Crippen LogP contribution in [0.5, 0.6) is 0 Å². The Kier molecular flexibility index (Phi) is 9.20. The lowest BCUT2D eigenvalue weighted by molar-refractivity contribution is -0.0632. The fourth-order valence-corrected chi connectivity index (χ4v) is 6.32. The van der Waals surface area contributed by atoms with E-state index >= 15 is 0 Å². The van der Waals surface area contributed by atoms with Crippen molar-refractivity contribution < 1.29 is 18.3 Å². The first kappa shape index (κ1) is 30.5. The zero-order chi connectivity index (χ0) is 30.7. The first-order valence-electron chi connectivity index (χ1n) is 15.7. The number of fused-ring (bicyclic) bond motifs is 1. The number of anilines is 2. The van der Waals surface area contributed by atoms with Crippen molar-refractivity contribution in [2.75, 3.05) is 81.9 Å². The van der Waals surface area contributed by atoms with Gasteiger partial charge in [-0.1, -0.05) is 6.07 Å². The number of hydrogen-bond acceptors (Lipinski definition) is 9. The number of nitrogens with one attached hydrogen (secondary N) is 1. The molecule has 1 N–H and O–H groups in total. The van der Waals surface area contributed by atoms with Gasteiger partial charge in [0.1, 0.15) is 5.82 Å². The summed E-state index contributed by atoms with van der Waals surface area (Å²) in [6, 6.07) is 9.75. The van der Waals surface area contributed by atoms with Gasteiger partial charge < -0.3 is 19.9 Å². The third kappa shape index (κ3) is 6.92. The maximum absolute atomic E-state index is 14.0. The predicted molar refractivity (Wildman–Crippen MR) is 167 cm³/mol. The number of nitrogens with zero attached hydrogens (tertiary/aromatic N) is 7. The van der Waals surface area contributed by atoms with Crippen LogP contribution in [0.25, 0.3) is 10.9 Å². The minimum atomic E-state index is -2.67. The van der Waals surface area contributed by atoms with Crippen molar-refractivity contribution in [2.24, 2.45) is 0 Å². The van der Waals surface area contributed by atoms with Gasteiger partial charge in [-0.15, -0.1) is 0 Å². The van der Waals surface area contributed by atoms with Crippen LogP contribution in [-0.4, -0.2) is 115 Å². The lowest BCUT2D eigenvalue weighted by atomic mass is 10.0. The van der Waals surface area contributed by atoms with Crippen LogP contribution in [0.1, 0.15) is 48.7 Å². The topological polar surface area (TPSA) is 90.0 Å². The van der Waals surface area contributed by atoms with Crippen molar-refractivity contribution in [2.45, 2.75) is 44.7 Å². The average Bonchev–Trinajstić information content (AvgIpc) is 3.05. The average molecular weight is 609 g/mol. The summed E-state index contributed by atoms with van der Waals surface area (Å²) in [6.07, 6.45) is 3.08. The lowest BCUT2D eigenvalue weighted by Crippen LogP contribution is -2.49. The number of alkyl halides is 2. The molecule has 1 aromatic carbocycles. The number of morpholine rings is 1. The van der Waals surface area contributed by atoms with Gasteiger partial charge in [-0.2, -0.15) is 0 Å². The Labute approximate surface area is 257 Å². The molecule has 0 bridgehead atoms. The normalized spacial score (nSPS) is 20.7. The number of likely N-dealkylation sites (tertiary alicyclic amines) is 1. The van der Waals surface area contributed by atoms with Crippen LogP contribution < -0.4 is 15.1 Å². The largest absolute Gasteiger partial charge is 0.378 e. The second-order valence-corrected chi connectivity index (χ2v) is 12.2. The van der Waals surface area contributed by atoms with Crippen molar-refractivity contribution in [3.8, 4) is 0 Å². The minimum absolute atomic E-state index is 0.214. The molecule has 10 nitrogen and oxygen atoms in total. The zero-order valence-corrected chi connectivity index (χ0v) is 25.6. The van der Waals surface area contributed by atoms with Gasteiger partial charge in [0.05, 0.1) is 24.8 Å². The number of piperazine rings is 1. The summed E-state index contributed by atoms with van der Waals surface area (Å²) in [5, 5.41) is 3.86. The van der Waals surface area contributed by atoms with E-state index in [9.17, 15) is 13.6 Å². The van der Waals surface area contributed by atoms with Crippen LogP contribution in [0.4, 0.5) is 20.5 Å². The molecule has 2 aromatic heterocycles. The number of carbonyl (C=O) groups is 1. The Morgan fingerprint density at radius 2 is 1.61 bits per heavy atom. The predicted octanol–water partition coefficient (Wildman–Crippen LogP) is 3.59. The molecule has 1 amide bonds. The van der Waals surface area contributed by atoms with Crippen molar-refractivity contribution in [3.05, 3.63) is 53.9 Å². The van der Waals surface area contributed by atoms with E-state index in [2.05, 4.69) is 43.8 Å². The molecule has 3 aliphatic rings. The van der Waals surface area contributed by atoms with Crippen LogP contribution in [0.15, 0.2) is 42.7 Å². The summed E-state index contributed by atoms with van der Waals surface area (Å²) >= 11 is 0. The molecular formula is C32H42F2N8O2. The van der Waals surface area contributed by atoms with Gasteiger partial charge in [0.2, 0.25) is 5.95 Å². The molecule has 0 saturated carbocycles. The maximum Gasteiger partial charge on any atom is 0.252 e. The molecule has 0 radical (unpaired) electrons. The number of pyridine rings is 1. The SMILES string of the molecule is CC(C)N1CCN(c2ccc3c(C(=O)NCC(c4cnc(N5CCOCC5)nc4)N4CCC(F)(F)CC4)cccc3n2)CC1. The van der Waals surface area contributed by atoms with Gasteiger partial charge in [0, 0.05) is 107 Å². The highest BCUT2D eigenvalue weighted by Gasteiger charge is 2.37. The third-order valence-corrected chi connectivity index (χ3v) is 9.09. The van der Waals surface area contributed by atoms with Crippen LogP contribution >= 0.6 is 0 Å². The Hall–Kier alpha value is -3.48. The maximum atomic E-state index is 14.0. The molecule has 1 unspecified atom stereocenters. The molecule has 3 fully saturated rings. The Morgan fingerprint density at radius 1 is 0.909 bits per heavy atom. The molecule has 6 rings (SSSR count). The first-order valence-corrected chi connectivity index (χ1v) is 15.7. The molecule has 236 valence electrons. The Morgan fingerprint density at radius 3 is 2.30 bits per heavy atom. The van der Waals surface area contributed by atoms with Gasteiger partial charge in [0.25, 0.3) is 11.8 Å².